The van der Waals surface area contributed by atoms with E-state index in [0.717, 1.165) is 28.9 Å². The summed E-state index contributed by atoms with van der Waals surface area (Å²) in [4.78, 5) is 6.71. The predicted molar refractivity (Wildman–Crippen MR) is 83.0 cm³/mol. The summed E-state index contributed by atoms with van der Waals surface area (Å²) in [5.41, 5.74) is 1.81. The van der Waals surface area contributed by atoms with Gasteiger partial charge >= 0.3 is 0 Å². The number of furan rings is 1. The molecular weight excluding hydrogens is 280 g/mol. The Balaban J connectivity index is 1.65. The minimum absolute atomic E-state index is 0.0789. The van der Waals surface area contributed by atoms with Crippen molar-refractivity contribution in [3.05, 3.63) is 54.4 Å². The third kappa shape index (κ3) is 2.29. The largest absolute Gasteiger partial charge is 0.508 e. The Labute approximate surface area is 127 Å². The number of morpholine rings is 1. The van der Waals surface area contributed by atoms with Crippen molar-refractivity contribution in [3.63, 3.8) is 0 Å². The molecule has 0 spiro atoms. The first kappa shape index (κ1) is 13.2. The summed E-state index contributed by atoms with van der Waals surface area (Å²) < 4.78 is 11.3. The van der Waals surface area contributed by atoms with Gasteiger partial charge in [-0.05, 0) is 29.8 Å². The van der Waals surface area contributed by atoms with E-state index in [9.17, 15) is 5.11 Å². The maximum absolute atomic E-state index is 9.65. The first-order valence-electron chi connectivity index (χ1n) is 7.29. The molecule has 0 aliphatic carbocycles. The van der Waals surface area contributed by atoms with Gasteiger partial charge in [0.2, 0.25) is 0 Å². The molecule has 0 bridgehead atoms. The molecule has 5 nitrogen and oxygen atoms in total. The van der Waals surface area contributed by atoms with Crippen molar-refractivity contribution in [2.45, 2.75) is 6.10 Å². The Morgan fingerprint density at radius 2 is 2.18 bits per heavy atom. The van der Waals surface area contributed by atoms with Crippen LogP contribution in [0.25, 0.3) is 11.0 Å². The van der Waals surface area contributed by atoms with Gasteiger partial charge in [-0.15, -0.1) is 0 Å². The van der Waals surface area contributed by atoms with Gasteiger partial charge < -0.3 is 19.2 Å². The van der Waals surface area contributed by atoms with Gasteiger partial charge in [0.1, 0.15) is 23.3 Å². The van der Waals surface area contributed by atoms with E-state index in [1.807, 2.05) is 24.3 Å². The lowest BCUT2D eigenvalue weighted by Crippen LogP contribution is -2.38. The number of pyridine rings is 1. The van der Waals surface area contributed by atoms with Crippen molar-refractivity contribution in [2.24, 2.45) is 0 Å². The quantitative estimate of drug-likeness (QED) is 0.787. The zero-order valence-electron chi connectivity index (χ0n) is 12.0. The minimum atomic E-state index is -0.0789. The van der Waals surface area contributed by atoms with Crippen LogP contribution < -0.4 is 4.90 Å². The molecule has 1 atom stereocenters. The molecule has 0 saturated carbocycles. The molecule has 0 amide bonds. The summed E-state index contributed by atoms with van der Waals surface area (Å²) in [6, 6.07) is 11.0. The average Bonchev–Trinajstić information content (AvgIpc) is 3.03. The molecule has 1 N–H and O–H groups in total. The van der Waals surface area contributed by atoms with Crippen LogP contribution >= 0.6 is 0 Å². The van der Waals surface area contributed by atoms with Crippen LogP contribution in [0.2, 0.25) is 0 Å². The Morgan fingerprint density at radius 1 is 1.23 bits per heavy atom. The average molecular weight is 296 g/mol. The highest BCUT2D eigenvalue weighted by atomic mass is 16.5. The third-order valence-corrected chi connectivity index (χ3v) is 3.97. The zero-order valence-corrected chi connectivity index (χ0v) is 12.0. The van der Waals surface area contributed by atoms with E-state index in [1.54, 1.807) is 24.6 Å². The predicted octanol–water partition coefficient (Wildman–Crippen LogP) is 3.11. The fourth-order valence-corrected chi connectivity index (χ4v) is 2.90. The summed E-state index contributed by atoms with van der Waals surface area (Å²) in [6.45, 7) is 2.10. The first-order chi connectivity index (χ1) is 10.8. The number of aromatic nitrogens is 1. The van der Waals surface area contributed by atoms with Gasteiger partial charge in [0.25, 0.3) is 0 Å². The van der Waals surface area contributed by atoms with E-state index < -0.39 is 0 Å². The Kier molecular flexibility index (Phi) is 3.20. The van der Waals surface area contributed by atoms with Crippen molar-refractivity contribution < 1.29 is 14.3 Å². The van der Waals surface area contributed by atoms with Crippen molar-refractivity contribution in [2.75, 3.05) is 24.6 Å². The van der Waals surface area contributed by atoms with Gasteiger partial charge in [0, 0.05) is 19.3 Å². The van der Waals surface area contributed by atoms with Gasteiger partial charge in [-0.2, -0.15) is 0 Å². The van der Waals surface area contributed by atoms with Crippen molar-refractivity contribution >= 4 is 16.8 Å². The maximum Gasteiger partial charge on any atom is 0.139 e. The van der Waals surface area contributed by atoms with Crippen LogP contribution in [0, 0.1) is 0 Å². The number of anilines is 1. The molecule has 1 aliphatic heterocycles. The van der Waals surface area contributed by atoms with Crippen LogP contribution in [-0.4, -0.2) is 29.8 Å². The molecule has 1 aliphatic rings. The number of phenolic OH excluding ortho intramolecular Hbond substituents is 1. The Hall–Kier alpha value is -2.53. The summed E-state index contributed by atoms with van der Waals surface area (Å²) in [7, 11) is 0. The molecule has 5 heteroatoms. The number of fused-ring (bicyclic) bond motifs is 1. The maximum atomic E-state index is 9.65. The van der Waals surface area contributed by atoms with Crippen LogP contribution in [0.4, 0.5) is 5.82 Å². The number of hydrogen-bond donors (Lipinski definition) is 1. The highest BCUT2D eigenvalue weighted by Crippen LogP contribution is 2.30. The molecule has 2 aromatic heterocycles. The third-order valence-electron chi connectivity index (χ3n) is 3.97. The highest BCUT2D eigenvalue weighted by molar-refractivity contribution is 5.88. The minimum Gasteiger partial charge on any atom is -0.508 e. The molecular formula is C17H16N2O3. The summed E-state index contributed by atoms with van der Waals surface area (Å²) in [5, 5.41) is 10.7. The van der Waals surface area contributed by atoms with Gasteiger partial charge in [0.15, 0.2) is 0 Å². The zero-order chi connectivity index (χ0) is 14.9. The number of phenols is 1. The molecule has 1 saturated heterocycles. The molecule has 4 rings (SSSR count). The fourth-order valence-electron chi connectivity index (χ4n) is 2.90. The van der Waals surface area contributed by atoms with E-state index >= 15 is 0 Å². The smallest absolute Gasteiger partial charge is 0.139 e. The van der Waals surface area contributed by atoms with E-state index in [4.69, 9.17) is 9.15 Å². The summed E-state index contributed by atoms with van der Waals surface area (Å²) >= 11 is 0. The highest BCUT2D eigenvalue weighted by Gasteiger charge is 2.24. The second kappa shape index (κ2) is 5.35. The van der Waals surface area contributed by atoms with E-state index in [-0.39, 0.29) is 11.9 Å². The van der Waals surface area contributed by atoms with Crippen molar-refractivity contribution in [3.8, 4) is 5.75 Å². The van der Waals surface area contributed by atoms with Crippen LogP contribution in [0.3, 0.4) is 0 Å². The molecule has 3 heterocycles. The molecule has 3 aromatic rings. The second-order valence-corrected chi connectivity index (χ2v) is 5.37. The topological polar surface area (TPSA) is 58.7 Å². The number of ether oxygens (including phenoxy) is 1. The van der Waals surface area contributed by atoms with Crippen LogP contribution in [0.15, 0.2) is 53.3 Å². The lowest BCUT2D eigenvalue weighted by molar-refractivity contribution is 0.0395. The van der Waals surface area contributed by atoms with Gasteiger partial charge in [-0.25, -0.2) is 4.98 Å². The number of rotatable bonds is 2. The number of aromatic hydroxyl groups is 1. The lowest BCUT2D eigenvalue weighted by Gasteiger charge is -2.34. The van der Waals surface area contributed by atoms with Crippen LogP contribution in [0.1, 0.15) is 11.7 Å². The molecule has 22 heavy (non-hydrogen) atoms. The Bertz CT molecular complexity index is 799. The number of nitrogens with zero attached hydrogens (tertiary/aromatic N) is 2. The Morgan fingerprint density at radius 3 is 3.09 bits per heavy atom. The van der Waals surface area contributed by atoms with Crippen LogP contribution in [0.5, 0.6) is 5.75 Å². The summed E-state index contributed by atoms with van der Waals surface area (Å²) in [5.74, 6) is 1.17. The van der Waals surface area contributed by atoms with E-state index in [1.165, 1.54) is 0 Å². The lowest BCUT2D eigenvalue weighted by atomic mass is 10.1. The van der Waals surface area contributed by atoms with E-state index in [2.05, 4.69) is 9.88 Å². The molecule has 1 fully saturated rings. The molecule has 112 valence electrons. The van der Waals surface area contributed by atoms with Crippen LogP contribution in [-0.2, 0) is 4.74 Å². The number of hydrogen-bond acceptors (Lipinski definition) is 5. The monoisotopic (exact) mass is 296 g/mol. The normalized spacial score (nSPS) is 18.7. The fraction of sp³-hybridized carbons (Fsp3) is 0.235. The standard InChI is InChI=1S/C17H16N2O3/c20-13-3-1-2-12(10-13)16-11-19(7-9-22-16)17-14-5-8-21-15(14)4-6-18-17/h1-6,8,10,16,20H,7,9,11H2/t16-/m0/s1. The van der Waals surface area contributed by atoms with Gasteiger partial charge in [-0.1, -0.05) is 12.1 Å². The van der Waals surface area contributed by atoms with Crippen molar-refractivity contribution in [1.82, 2.24) is 4.98 Å². The molecule has 1 aromatic carbocycles. The van der Waals surface area contributed by atoms with E-state index in [0.29, 0.717) is 13.2 Å². The summed E-state index contributed by atoms with van der Waals surface area (Å²) in [6.07, 6.45) is 3.37. The number of benzene rings is 1. The second-order valence-electron chi connectivity index (χ2n) is 5.37. The molecule has 0 unspecified atom stereocenters. The first-order valence-corrected chi connectivity index (χ1v) is 7.29. The van der Waals surface area contributed by atoms with Gasteiger partial charge in [-0.3, -0.25) is 0 Å². The molecule has 0 radical (unpaired) electrons. The van der Waals surface area contributed by atoms with Gasteiger partial charge in [0.05, 0.1) is 18.3 Å². The SMILES string of the molecule is Oc1cccc([C@@H]2CN(c3nccc4occc34)CCO2)c1. The van der Waals surface area contributed by atoms with Crippen molar-refractivity contribution in [1.29, 1.82) is 0 Å².